The Labute approximate surface area is 190 Å². The summed E-state index contributed by atoms with van der Waals surface area (Å²) in [6.45, 7) is 0.277. The number of nitro groups is 1. The zero-order valence-electron chi connectivity index (χ0n) is 18.1. The number of benzene rings is 1. The Balaban J connectivity index is 1.74. The third kappa shape index (κ3) is 5.88. The van der Waals surface area contributed by atoms with Crippen molar-refractivity contribution in [2.75, 3.05) is 26.0 Å². The van der Waals surface area contributed by atoms with E-state index in [4.69, 9.17) is 14.4 Å². The topological polar surface area (TPSA) is 157 Å². The fourth-order valence-electron chi connectivity index (χ4n) is 4.12. The van der Waals surface area contributed by atoms with Crippen molar-refractivity contribution in [1.29, 1.82) is 0 Å². The lowest BCUT2D eigenvalue weighted by molar-refractivity contribution is -0.384. The maximum Gasteiger partial charge on any atom is 0.507 e. The van der Waals surface area contributed by atoms with Crippen LogP contribution in [0, 0.1) is 16.0 Å². The van der Waals surface area contributed by atoms with E-state index in [1.165, 1.54) is 24.3 Å². The number of hydrazine groups is 1. The molecule has 12 nitrogen and oxygen atoms in total. The van der Waals surface area contributed by atoms with Gasteiger partial charge in [-0.1, -0.05) is 12.1 Å². The number of carbonyl (C=O) groups excluding carboxylic acids is 2. The zero-order chi connectivity index (χ0) is 24.2. The van der Waals surface area contributed by atoms with Gasteiger partial charge in [0.15, 0.2) is 6.23 Å². The van der Waals surface area contributed by atoms with Crippen LogP contribution in [0.4, 0.5) is 10.5 Å². The summed E-state index contributed by atoms with van der Waals surface area (Å²) in [4.78, 5) is 47.3. The number of amides is 2. The number of hydrogen-bond acceptors (Lipinski definition) is 8. The fraction of sp³-hybridized carbons (Fsp3) is 0.550. The average Bonchev–Trinajstić information content (AvgIpc) is 2.90. The van der Waals surface area contributed by atoms with Gasteiger partial charge in [0.25, 0.3) is 5.69 Å². The summed E-state index contributed by atoms with van der Waals surface area (Å²) >= 11 is 0. The second-order valence-electron chi connectivity index (χ2n) is 7.99. The summed E-state index contributed by atoms with van der Waals surface area (Å²) in [5, 5.41) is 22.1. The first-order valence-electron chi connectivity index (χ1n) is 10.5. The molecule has 1 N–H and O–H groups in total. The number of carbonyl (C=O) groups is 3. The number of fused-ring (bicyclic) bond motifs is 1. The molecule has 2 fully saturated rings. The van der Waals surface area contributed by atoms with Gasteiger partial charge in [-0.25, -0.2) is 14.8 Å². The van der Waals surface area contributed by atoms with Crippen LogP contribution in [-0.4, -0.2) is 70.2 Å². The Kier molecular flexibility index (Phi) is 7.70. The number of nitrogens with zero attached hydrogens (tertiary/aromatic N) is 3. The molecule has 2 aliphatic rings. The quantitative estimate of drug-likeness (QED) is 0.254. The molecular weight excluding hydrogens is 457 g/mol. The molecule has 2 amide bonds. The maximum atomic E-state index is 13.4. The van der Waals surface area contributed by atoms with Gasteiger partial charge in [0, 0.05) is 56.9 Å². The van der Waals surface area contributed by atoms with Crippen LogP contribution in [0.3, 0.4) is 0 Å². The lowest BCUT2D eigenvalue weighted by Gasteiger charge is -2.42. The molecule has 3 atom stereocenters. The maximum absolute atomic E-state index is 13.4. The van der Waals surface area contributed by atoms with Gasteiger partial charge in [0.05, 0.1) is 4.92 Å². The molecule has 33 heavy (non-hydrogen) atoms. The Hall–Kier alpha value is -2.98. The van der Waals surface area contributed by atoms with Gasteiger partial charge >= 0.3 is 6.16 Å². The summed E-state index contributed by atoms with van der Waals surface area (Å²) in [6, 6.07) is 5.88. The van der Waals surface area contributed by atoms with Gasteiger partial charge in [-0.2, -0.15) is 0 Å². The Morgan fingerprint density at radius 2 is 1.97 bits per heavy atom. The largest absolute Gasteiger partial charge is 0.507 e. The summed E-state index contributed by atoms with van der Waals surface area (Å²) in [5.74, 6) is -1.64. The normalized spacial score (nSPS) is 22.8. The van der Waals surface area contributed by atoms with Gasteiger partial charge in [-0.15, -0.1) is 0 Å². The van der Waals surface area contributed by atoms with Crippen LogP contribution in [-0.2, 0) is 29.8 Å². The molecule has 2 heterocycles. The van der Waals surface area contributed by atoms with E-state index in [1.54, 1.807) is 12.1 Å². The molecule has 0 radical (unpaired) electrons. The Bertz CT molecular complexity index is 968. The summed E-state index contributed by atoms with van der Waals surface area (Å²) in [6.07, 6.45) is -1.37. The summed E-state index contributed by atoms with van der Waals surface area (Å²) < 4.78 is 23.6. The number of ether oxygens (including phenoxy) is 1. The van der Waals surface area contributed by atoms with Crippen molar-refractivity contribution in [3.05, 3.63) is 39.9 Å². The number of hydrogen-bond donors (Lipinski definition) is 1. The lowest BCUT2D eigenvalue weighted by Crippen LogP contribution is -2.59. The predicted molar refractivity (Wildman–Crippen MR) is 115 cm³/mol. The van der Waals surface area contributed by atoms with E-state index >= 15 is 0 Å². The molecule has 1 aromatic rings. The van der Waals surface area contributed by atoms with Crippen molar-refractivity contribution in [2.24, 2.45) is 5.92 Å². The molecule has 0 aliphatic carbocycles. The number of carboxylic acid groups (broad SMARTS) is 1. The van der Waals surface area contributed by atoms with E-state index in [0.717, 1.165) is 10.6 Å². The van der Waals surface area contributed by atoms with Crippen LogP contribution in [0.25, 0.3) is 0 Å². The lowest BCUT2D eigenvalue weighted by atomic mass is 10.0. The van der Waals surface area contributed by atoms with E-state index in [2.05, 4.69) is 0 Å². The summed E-state index contributed by atoms with van der Waals surface area (Å²) in [7, 11) is -2.01. The van der Waals surface area contributed by atoms with E-state index in [0.29, 0.717) is 12.8 Å². The van der Waals surface area contributed by atoms with E-state index in [-0.39, 0.29) is 49.7 Å². The van der Waals surface area contributed by atoms with Gasteiger partial charge in [-0.3, -0.25) is 24.3 Å². The number of rotatable bonds is 8. The van der Waals surface area contributed by atoms with Crippen LogP contribution < -0.4 is 0 Å². The first-order valence-corrected chi connectivity index (χ1v) is 12.5. The highest BCUT2D eigenvalue weighted by Gasteiger charge is 2.45. The van der Waals surface area contributed by atoms with E-state index < -0.39 is 36.5 Å². The van der Waals surface area contributed by atoms with Gasteiger partial charge in [0.2, 0.25) is 19.2 Å². The molecule has 3 rings (SSSR count). The smallest absolute Gasteiger partial charge is 0.450 e. The molecule has 0 bridgehead atoms. The predicted octanol–water partition coefficient (Wildman–Crippen LogP) is 2.86. The third-order valence-electron chi connectivity index (χ3n) is 5.88. The molecule has 13 heteroatoms. The standard InChI is InChI=1S/C20H26N3O9P/c1-31-33(30,12-10-14-4-7-16(8-5-14)23(28)29)13-15-6-9-17(24)21-11-2-3-18(32-20(26)27)22(21)19(15)25/h4-5,7-8,15,18H,2-3,6,9-13H2,1H3,(H,26,27)/t15-,18+,33?/m1/s1. The molecule has 0 aromatic heterocycles. The van der Waals surface area contributed by atoms with Crippen LogP contribution in [0.5, 0.6) is 0 Å². The minimum absolute atomic E-state index is 0.0494. The van der Waals surface area contributed by atoms with Crippen LogP contribution >= 0.6 is 7.37 Å². The molecule has 2 aliphatic heterocycles. The molecular formula is C20H26N3O9P. The van der Waals surface area contributed by atoms with E-state index in [9.17, 15) is 29.1 Å². The number of non-ortho nitro benzene ring substituents is 1. The highest BCUT2D eigenvalue weighted by atomic mass is 31.2. The molecule has 1 unspecified atom stereocenters. The first kappa shape index (κ1) is 24.7. The molecule has 0 spiro atoms. The average molecular weight is 483 g/mol. The van der Waals surface area contributed by atoms with Crippen molar-refractivity contribution in [3.8, 4) is 0 Å². The Morgan fingerprint density at radius 1 is 1.27 bits per heavy atom. The van der Waals surface area contributed by atoms with Gasteiger partial charge < -0.3 is 14.4 Å². The third-order valence-corrected chi connectivity index (χ3v) is 8.45. The zero-order valence-corrected chi connectivity index (χ0v) is 19.0. The minimum atomic E-state index is -3.30. The second kappa shape index (κ2) is 10.3. The first-order chi connectivity index (χ1) is 15.6. The van der Waals surface area contributed by atoms with Crippen LogP contribution in [0.2, 0.25) is 0 Å². The molecule has 2 saturated heterocycles. The van der Waals surface area contributed by atoms with Crippen molar-refractivity contribution in [3.63, 3.8) is 0 Å². The SMILES string of the molecule is COP(=O)(CCc1ccc([N+](=O)[O-])cc1)C[C@H]1CCC(=O)N2CCC[C@H](OC(=O)O)N2C1=O. The molecule has 180 valence electrons. The van der Waals surface area contributed by atoms with Gasteiger partial charge in [0.1, 0.15) is 0 Å². The van der Waals surface area contributed by atoms with Crippen LogP contribution in [0.15, 0.2) is 24.3 Å². The number of nitro benzene ring substituents is 1. The fourth-order valence-corrected chi connectivity index (χ4v) is 6.24. The Morgan fingerprint density at radius 3 is 2.58 bits per heavy atom. The van der Waals surface area contributed by atoms with Crippen molar-refractivity contribution >= 4 is 31.0 Å². The van der Waals surface area contributed by atoms with Crippen molar-refractivity contribution < 1.29 is 38.2 Å². The van der Waals surface area contributed by atoms with Crippen molar-refractivity contribution in [2.45, 2.75) is 38.3 Å². The van der Waals surface area contributed by atoms with E-state index in [1.807, 2.05) is 0 Å². The minimum Gasteiger partial charge on any atom is -0.450 e. The highest BCUT2D eigenvalue weighted by molar-refractivity contribution is 7.59. The van der Waals surface area contributed by atoms with Crippen LogP contribution in [0.1, 0.15) is 31.2 Å². The number of aryl methyl sites for hydroxylation is 1. The van der Waals surface area contributed by atoms with Gasteiger partial charge in [-0.05, 0) is 24.8 Å². The molecule has 0 saturated carbocycles. The molecule has 1 aromatic carbocycles. The second-order valence-corrected chi connectivity index (χ2v) is 10.8. The highest BCUT2D eigenvalue weighted by Crippen LogP contribution is 2.49. The summed E-state index contributed by atoms with van der Waals surface area (Å²) in [5.41, 5.74) is 0.684. The monoisotopic (exact) mass is 483 g/mol. The van der Waals surface area contributed by atoms with Crippen molar-refractivity contribution in [1.82, 2.24) is 10.0 Å².